The standard InChI is InChI=1S/C12H20N4O/c1-4-6-13-12(17)11(3)15-10(2)9-16-8-5-7-14-16/h4-5,7-8,10-11,15H,1,6,9H2,2-3H3,(H,13,17)/t10-,11-/m1/s1. The lowest BCUT2D eigenvalue weighted by atomic mass is 10.2. The van der Waals surface area contributed by atoms with Crippen LogP contribution in [0.4, 0.5) is 0 Å². The van der Waals surface area contributed by atoms with Crippen molar-refractivity contribution in [1.29, 1.82) is 0 Å². The van der Waals surface area contributed by atoms with Crippen molar-refractivity contribution >= 4 is 5.91 Å². The van der Waals surface area contributed by atoms with Gasteiger partial charge in [0.25, 0.3) is 0 Å². The smallest absolute Gasteiger partial charge is 0.237 e. The van der Waals surface area contributed by atoms with Gasteiger partial charge in [-0.2, -0.15) is 5.10 Å². The van der Waals surface area contributed by atoms with Crippen LogP contribution in [0.2, 0.25) is 0 Å². The van der Waals surface area contributed by atoms with E-state index in [1.165, 1.54) is 0 Å². The average Bonchev–Trinajstić information content (AvgIpc) is 2.78. The Hall–Kier alpha value is -1.62. The van der Waals surface area contributed by atoms with E-state index in [2.05, 4.69) is 22.3 Å². The fourth-order valence-electron chi connectivity index (χ4n) is 1.57. The Morgan fingerprint density at radius 3 is 2.94 bits per heavy atom. The van der Waals surface area contributed by atoms with Crippen LogP contribution in [0.25, 0.3) is 0 Å². The first kappa shape index (κ1) is 13.4. The summed E-state index contributed by atoms with van der Waals surface area (Å²) in [5.41, 5.74) is 0. The molecule has 0 radical (unpaired) electrons. The number of rotatable bonds is 7. The van der Waals surface area contributed by atoms with Crippen LogP contribution in [0, 0.1) is 0 Å². The second-order valence-electron chi connectivity index (χ2n) is 4.05. The zero-order chi connectivity index (χ0) is 12.7. The molecule has 17 heavy (non-hydrogen) atoms. The summed E-state index contributed by atoms with van der Waals surface area (Å²) in [6.45, 7) is 8.67. The predicted molar refractivity (Wildman–Crippen MR) is 67.5 cm³/mol. The maximum absolute atomic E-state index is 11.6. The van der Waals surface area contributed by atoms with E-state index in [1.54, 1.807) is 12.3 Å². The third-order valence-electron chi connectivity index (χ3n) is 2.37. The van der Waals surface area contributed by atoms with Crippen LogP contribution in [0.15, 0.2) is 31.1 Å². The number of hydrogen-bond donors (Lipinski definition) is 2. The summed E-state index contributed by atoms with van der Waals surface area (Å²) < 4.78 is 1.84. The summed E-state index contributed by atoms with van der Waals surface area (Å²) in [4.78, 5) is 11.6. The molecule has 5 heteroatoms. The van der Waals surface area contributed by atoms with Gasteiger partial charge in [-0.3, -0.25) is 9.48 Å². The van der Waals surface area contributed by atoms with Crippen molar-refractivity contribution in [1.82, 2.24) is 20.4 Å². The normalized spacial score (nSPS) is 14.0. The number of aromatic nitrogens is 2. The van der Waals surface area contributed by atoms with E-state index in [0.29, 0.717) is 6.54 Å². The molecule has 0 saturated carbocycles. The zero-order valence-corrected chi connectivity index (χ0v) is 10.4. The molecule has 0 unspecified atom stereocenters. The lowest BCUT2D eigenvalue weighted by molar-refractivity contribution is -0.122. The largest absolute Gasteiger partial charge is 0.351 e. The molecule has 0 spiro atoms. The van der Waals surface area contributed by atoms with Crippen molar-refractivity contribution in [2.75, 3.05) is 6.54 Å². The van der Waals surface area contributed by atoms with E-state index < -0.39 is 0 Å². The fraction of sp³-hybridized carbons (Fsp3) is 0.500. The third-order valence-corrected chi connectivity index (χ3v) is 2.37. The van der Waals surface area contributed by atoms with Crippen LogP contribution >= 0.6 is 0 Å². The molecule has 0 aliphatic carbocycles. The van der Waals surface area contributed by atoms with Gasteiger partial charge in [0, 0.05) is 25.0 Å². The van der Waals surface area contributed by atoms with Gasteiger partial charge in [-0.05, 0) is 19.9 Å². The summed E-state index contributed by atoms with van der Waals surface area (Å²) in [6, 6.07) is 1.84. The highest BCUT2D eigenvalue weighted by Gasteiger charge is 2.14. The Labute approximate surface area is 102 Å². The molecule has 0 bridgehead atoms. The van der Waals surface area contributed by atoms with Gasteiger partial charge in [0.1, 0.15) is 0 Å². The Kier molecular flexibility index (Phi) is 5.42. The van der Waals surface area contributed by atoms with Gasteiger partial charge in [-0.15, -0.1) is 6.58 Å². The molecule has 0 saturated heterocycles. The lowest BCUT2D eigenvalue weighted by Crippen LogP contribution is -2.46. The van der Waals surface area contributed by atoms with Crippen LogP contribution in [0.3, 0.4) is 0 Å². The zero-order valence-electron chi connectivity index (χ0n) is 10.4. The second kappa shape index (κ2) is 6.85. The topological polar surface area (TPSA) is 59.0 Å². The van der Waals surface area contributed by atoms with Crippen LogP contribution < -0.4 is 10.6 Å². The highest BCUT2D eigenvalue weighted by Crippen LogP contribution is 1.93. The Morgan fingerprint density at radius 2 is 2.35 bits per heavy atom. The molecule has 1 aromatic rings. The first-order valence-electron chi connectivity index (χ1n) is 5.75. The Morgan fingerprint density at radius 1 is 1.59 bits per heavy atom. The molecular formula is C12H20N4O. The van der Waals surface area contributed by atoms with Crippen molar-refractivity contribution in [3.05, 3.63) is 31.1 Å². The second-order valence-corrected chi connectivity index (χ2v) is 4.05. The summed E-state index contributed by atoms with van der Waals surface area (Å²) in [5.74, 6) is -0.0165. The first-order chi connectivity index (χ1) is 8.13. The molecule has 1 aromatic heterocycles. The molecule has 2 atom stereocenters. The van der Waals surface area contributed by atoms with Crippen molar-refractivity contribution in [2.24, 2.45) is 0 Å². The molecular weight excluding hydrogens is 216 g/mol. The molecule has 94 valence electrons. The van der Waals surface area contributed by atoms with Crippen molar-refractivity contribution in [2.45, 2.75) is 32.5 Å². The Bertz CT molecular complexity index is 347. The number of carbonyl (C=O) groups is 1. The van der Waals surface area contributed by atoms with Gasteiger partial charge in [-0.1, -0.05) is 6.08 Å². The van der Waals surface area contributed by atoms with Crippen LogP contribution in [-0.4, -0.2) is 34.3 Å². The van der Waals surface area contributed by atoms with E-state index in [-0.39, 0.29) is 18.0 Å². The van der Waals surface area contributed by atoms with Gasteiger partial charge < -0.3 is 10.6 Å². The van der Waals surface area contributed by atoms with Crippen molar-refractivity contribution < 1.29 is 4.79 Å². The quantitative estimate of drug-likeness (QED) is 0.680. The van der Waals surface area contributed by atoms with Crippen molar-refractivity contribution in [3.8, 4) is 0 Å². The summed E-state index contributed by atoms with van der Waals surface area (Å²) in [7, 11) is 0. The molecule has 0 aromatic carbocycles. The number of nitrogens with one attached hydrogen (secondary N) is 2. The van der Waals surface area contributed by atoms with E-state index in [9.17, 15) is 4.79 Å². The van der Waals surface area contributed by atoms with Gasteiger partial charge >= 0.3 is 0 Å². The lowest BCUT2D eigenvalue weighted by Gasteiger charge is -2.19. The van der Waals surface area contributed by atoms with Crippen molar-refractivity contribution in [3.63, 3.8) is 0 Å². The summed E-state index contributed by atoms with van der Waals surface area (Å²) in [5, 5.41) is 10.1. The minimum atomic E-state index is -0.222. The molecule has 0 fully saturated rings. The first-order valence-corrected chi connectivity index (χ1v) is 5.75. The molecule has 0 aliphatic heterocycles. The molecule has 1 rings (SSSR count). The highest BCUT2D eigenvalue weighted by molar-refractivity contribution is 5.81. The molecule has 2 N–H and O–H groups in total. The minimum absolute atomic E-state index is 0.0165. The number of amides is 1. The predicted octanol–water partition coefficient (Wildman–Crippen LogP) is 0.552. The monoisotopic (exact) mass is 236 g/mol. The number of carbonyl (C=O) groups excluding carboxylic acids is 1. The summed E-state index contributed by atoms with van der Waals surface area (Å²) in [6.07, 6.45) is 5.31. The Balaban J connectivity index is 2.32. The van der Waals surface area contributed by atoms with Crippen LogP contribution in [-0.2, 0) is 11.3 Å². The van der Waals surface area contributed by atoms with E-state index in [1.807, 2.05) is 30.8 Å². The minimum Gasteiger partial charge on any atom is -0.351 e. The molecule has 0 aliphatic rings. The highest BCUT2D eigenvalue weighted by atomic mass is 16.2. The van der Waals surface area contributed by atoms with Gasteiger partial charge in [0.2, 0.25) is 5.91 Å². The number of nitrogens with zero attached hydrogens (tertiary/aromatic N) is 2. The van der Waals surface area contributed by atoms with Gasteiger partial charge in [-0.25, -0.2) is 0 Å². The maximum Gasteiger partial charge on any atom is 0.237 e. The molecule has 1 amide bonds. The van der Waals surface area contributed by atoms with Gasteiger partial charge in [0.05, 0.1) is 12.6 Å². The van der Waals surface area contributed by atoms with Crippen LogP contribution in [0.5, 0.6) is 0 Å². The third kappa shape index (κ3) is 4.82. The fourth-order valence-corrected chi connectivity index (χ4v) is 1.57. The average molecular weight is 236 g/mol. The molecule has 5 nitrogen and oxygen atoms in total. The summed E-state index contributed by atoms with van der Waals surface area (Å²) >= 11 is 0. The number of hydrogen-bond acceptors (Lipinski definition) is 3. The SMILES string of the molecule is C=CCNC(=O)[C@@H](C)N[C@H](C)Cn1cccn1. The van der Waals surface area contributed by atoms with E-state index >= 15 is 0 Å². The van der Waals surface area contributed by atoms with Crippen LogP contribution in [0.1, 0.15) is 13.8 Å². The molecule has 1 heterocycles. The van der Waals surface area contributed by atoms with E-state index in [0.717, 1.165) is 6.54 Å². The maximum atomic E-state index is 11.6. The van der Waals surface area contributed by atoms with E-state index in [4.69, 9.17) is 0 Å². The van der Waals surface area contributed by atoms with Gasteiger partial charge in [0.15, 0.2) is 0 Å².